The van der Waals surface area contributed by atoms with Gasteiger partial charge in [-0.3, -0.25) is 0 Å². The summed E-state index contributed by atoms with van der Waals surface area (Å²) in [5.41, 5.74) is 0. The van der Waals surface area contributed by atoms with Crippen molar-refractivity contribution in [3.8, 4) is 5.75 Å². The zero-order valence-corrected chi connectivity index (χ0v) is 8.14. The summed E-state index contributed by atoms with van der Waals surface area (Å²) in [4.78, 5) is 0. The minimum atomic E-state index is 0.212. The van der Waals surface area contributed by atoms with Crippen molar-refractivity contribution in [1.82, 2.24) is 0 Å². The van der Waals surface area contributed by atoms with Crippen LogP contribution < -0.4 is 0 Å². The first-order chi connectivity index (χ1) is 6.84. The van der Waals surface area contributed by atoms with E-state index in [2.05, 4.69) is 18.2 Å². The fraction of sp³-hybridized carbons (Fsp3) is 0. The average molecular weight is 199 g/mol. The summed E-state index contributed by atoms with van der Waals surface area (Å²) >= 11 is 1.66. The third-order valence-electron chi connectivity index (χ3n) is 2.28. The summed E-state index contributed by atoms with van der Waals surface area (Å²) in [6.07, 6.45) is 0. The fourth-order valence-corrected chi connectivity index (χ4v) is 2.74. The first-order valence-electron chi connectivity index (χ1n) is 4.37. The van der Waals surface area contributed by atoms with E-state index in [4.69, 9.17) is 0 Å². The van der Waals surface area contributed by atoms with E-state index in [0.29, 0.717) is 0 Å². The Balaban J connectivity index is 2.57. The number of fused-ring (bicyclic) bond motifs is 3. The molecule has 0 spiro atoms. The normalized spacial score (nSPS) is 11.1. The topological polar surface area (TPSA) is 20.2 Å². The van der Waals surface area contributed by atoms with Gasteiger partial charge in [0.05, 0.1) is 0 Å². The van der Waals surface area contributed by atoms with Crippen molar-refractivity contribution in [3.05, 3.63) is 42.5 Å². The number of thiophene rings is 1. The smallest absolute Gasteiger partial charge is 0.125 e. The first-order valence-corrected chi connectivity index (χ1v) is 5.19. The molecule has 0 bridgehead atoms. The lowest BCUT2D eigenvalue weighted by molar-refractivity contribution is 0.475. The Kier molecular flexibility index (Phi) is 1.52. The zero-order valence-electron chi connectivity index (χ0n) is 7.32. The molecule has 3 rings (SSSR count). The SMILES string of the molecule is Oc1[c]c2sc3ccccc3c2cc1. The summed E-state index contributed by atoms with van der Waals surface area (Å²) in [5, 5.41) is 11.7. The van der Waals surface area contributed by atoms with Crippen LogP contribution in [0.25, 0.3) is 20.2 Å². The number of aromatic hydroxyl groups is 1. The molecule has 3 aromatic rings. The fourth-order valence-electron chi connectivity index (χ4n) is 1.64. The highest BCUT2D eigenvalue weighted by atomic mass is 32.1. The third-order valence-corrected chi connectivity index (χ3v) is 3.39. The molecule has 0 unspecified atom stereocenters. The van der Waals surface area contributed by atoms with Gasteiger partial charge in [-0.1, -0.05) is 18.2 Å². The molecule has 0 atom stereocenters. The molecule has 0 aliphatic carbocycles. The van der Waals surface area contributed by atoms with Gasteiger partial charge in [-0.25, -0.2) is 0 Å². The van der Waals surface area contributed by atoms with Crippen molar-refractivity contribution in [2.75, 3.05) is 0 Å². The van der Waals surface area contributed by atoms with Gasteiger partial charge in [0.2, 0.25) is 0 Å². The van der Waals surface area contributed by atoms with Gasteiger partial charge in [0, 0.05) is 26.2 Å². The Hall–Kier alpha value is -1.54. The molecule has 1 nitrogen and oxygen atoms in total. The molecule has 67 valence electrons. The summed E-state index contributed by atoms with van der Waals surface area (Å²) in [6.45, 7) is 0. The van der Waals surface area contributed by atoms with Crippen LogP contribution in [0.2, 0.25) is 0 Å². The minimum absolute atomic E-state index is 0.212. The zero-order chi connectivity index (χ0) is 9.54. The average Bonchev–Trinajstić information content (AvgIpc) is 2.54. The second-order valence-electron chi connectivity index (χ2n) is 3.18. The van der Waals surface area contributed by atoms with Gasteiger partial charge in [0.25, 0.3) is 0 Å². The molecule has 14 heavy (non-hydrogen) atoms. The molecule has 0 aliphatic rings. The van der Waals surface area contributed by atoms with Crippen LogP contribution in [0.4, 0.5) is 0 Å². The molecular formula is C12H7OS. The predicted molar refractivity (Wildman–Crippen MR) is 59.8 cm³/mol. The molecule has 1 aromatic heterocycles. The molecule has 0 aliphatic heterocycles. The van der Waals surface area contributed by atoms with Crippen LogP contribution in [0.5, 0.6) is 5.75 Å². The minimum Gasteiger partial charge on any atom is -0.507 e. The Morgan fingerprint density at radius 3 is 2.79 bits per heavy atom. The maximum Gasteiger partial charge on any atom is 0.125 e. The van der Waals surface area contributed by atoms with Gasteiger partial charge < -0.3 is 5.11 Å². The number of hydrogen-bond acceptors (Lipinski definition) is 2. The van der Waals surface area contributed by atoms with E-state index in [9.17, 15) is 5.11 Å². The number of phenolic OH excluding ortho intramolecular Hbond substituents is 1. The Bertz CT molecular complexity index is 610. The molecule has 1 N–H and O–H groups in total. The van der Waals surface area contributed by atoms with E-state index in [0.717, 1.165) is 4.70 Å². The number of phenols is 1. The molecular weight excluding hydrogens is 192 g/mol. The van der Waals surface area contributed by atoms with Gasteiger partial charge in [-0.05, 0) is 18.2 Å². The predicted octanol–water partition coefficient (Wildman–Crippen LogP) is 3.56. The second kappa shape index (κ2) is 2.72. The van der Waals surface area contributed by atoms with Crippen molar-refractivity contribution in [3.63, 3.8) is 0 Å². The van der Waals surface area contributed by atoms with Crippen molar-refractivity contribution < 1.29 is 5.11 Å². The van der Waals surface area contributed by atoms with E-state index in [1.54, 1.807) is 17.4 Å². The third kappa shape index (κ3) is 1.01. The lowest BCUT2D eigenvalue weighted by Gasteiger charge is -1.91. The number of hydrogen-bond donors (Lipinski definition) is 1. The highest BCUT2D eigenvalue weighted by Gasteiger charge is 2.04. The van der Waals surface area contributed by atoms with Crippen LogP contribution in [0.3, 0.4) is 0 Å². The quantitative estimate of drug-likeness (QED) is 0.587. The summed E-state index contributed by atoms with van der Waals surface area (Å²) in [7, 11) is 0. The van der Waals surface area contributed by atoms with Crippen LogP contribution in [0.15, 0.2) is 36.4 Å². The standard InChI is InChI=1S/C12H7OS/c13-8-5-6-10-9-3-1-2-4-11(9)14-12(10)7-8/h1-6,13H. The maximum atomic E-state index is 9.31. The van der Waals surface area contributed by atoms with Gasteiger partial charge in [0.15, 0.2) is 0 Å². The van der Waals surface area contributed by atoms with Gasteiger partial charge in [-0.15, -0.1) is 11.3 Å². The van der Waals surface area contributed by atoms with E-state index >= 15 is 0 Å². The number of rotatable bonds is 0. The van der Waals surface area contributed by atoms with E-state index in [1.165, 1.54) is 15.5 Å². The molecule has 0 saturated carbocycles. The van der Waals surface area contributed by atoms with Crippen molar-refractivity contribution in [2.24, 2.45) is 0 Å². The van der Waals surface area contributed by atoms with Gasteiger partial charge in [0.1, 0.15) is 5.75 Å². The summed E-state index contributed by atoms with van der Waals surface area (Å²) in [5.74, 6) is 0.212. The molecule has 1 radical (unpaired) electrons. The molecule has 0 saturated heterocycles. The Labute approximate surface area is 85.2 Å². The molecule has 0 amide bonds. The molecule has 2 heteroatoms. The maximum absolute atomic E-state index is 9.31. The lowest BCUT2D eigenvalue weighted by Crippen LogP contribution is -1.66. The highest BCUT2D eigenvalue weighted by Crippen LogP contribution is 2.34. The lowest BCUT2D eigenvalue weighted by atomic mass is 10.1. The number of benzene rings is 2. The monoisotopic (exact) mass is 199 g/mol. The van der Waals surface area contributed by atoms with Crippen molar-refractivity contribution in [1.29, 1.82) is 0 Å². The Morgan fingerprint density at radius 1 is 1.00 bits per heavy atom. The van der Waals surface area contributed by atoms with E-state index < -0.39 is 0 Å². The van der Waals surface area contributed by atoms with E-state index in [-0.39, 0.29) is 5.75 Å². The van der Waals surface area contributed by atoms with Crippen LogP contribution >= 0.6 is 11.3 Å². The first kappa shape index (κ1) is 7.83. The van der Waals surface area contributed by atoms with Crippen LogP contribution in [-0.2, 0) is 0 Å². The highest BCUT2D eigenvalue weighted by molar-refractivity contribution is 7.25. The van der Waals surface area contributed by atoms with Crippen molar-refractivity contribution in [2.45, 2.75) is 0 Å². The molecule has 0 fully saturated rings. The molecule has 2 aromatic carbocycles. The van der Waals surface area contributed by atoms with Crippen molar-refractivity contribution >= 4 is 31.5 Å². The largest absolute Gasteiger partial charge is 0.507 e. The molecule has 1 heterocycles. The summed E-state index contributed by atoms with van der Waals surface area (Å²) < 4.78 is 2.26. The summed E-state index contributed by atoms with van der Waals surface area (Å²) in [6, 6.07) is 14.8. The van der Waals surface area contributed by atoms with Gasteiger partial charge >= 0.3 is 0 Å². The van der Waals surface area contributed by atoms with Gasteiger partial charge in [-0.2, -0.15) is 0 Å². The Morgan fingerprint density at radius 2 is 1.86 bits per heavy atom. The van der Waals surface area contributed by atoms with Crippen LogP contribution in [0, 0.1) is 6.07 Å². The van der Waals surface area contributed by atoms with E-state index in [1.807, 2.05) is 18.2 Å². The van der Waals surface area contributed by atoms with Crippen LogP contribution in [0.1, 0.15) is 0 Å². The van der Waals surface area contributed by atoms with Crippen LogP contribution in [-0.4, -0.2) is 5.11 Å². The second-order valence-corrected chi connectivity index (χ2v) is 4.24.